The van der Waals surface area contributed by atoms with Crippen LogP contribution in [-0.4, -0.2) is 35.6 Å². The number of aromatic nitrogens is 1. The van der Waals surface area contributed by atoms with Gasteiger partial charge in [0.15, 0.2) is 0 Å². The van der Waals surface area contributed by atoms with E-state index in [0.717, 1.165) is 31.7 Å². The molecule has 1 aromatic rings. The van der Waals surface area contributed by atoms with Crippen molar-refractivity contribution in [2.75, 3.05) is 19.6 Å². The first kappa shape index (κ1) is 12.5. The fourth-order valence-electron chi connectivity index (χ4n) is 2.41. The van der Waals surface area contributed by atoms with E-state index in [1.54, 1.807) is 12.3 Å². The second-order valence-electron chi connectivity index (χ2n) is 4.63. The minimum atomic E-state index is -0.246. The summed E-state index contributed by atoms with van der Waals surface area (Å²) in [6.45, 7) is 6.09. The van der Waals surface area contributed by atoms with Crippen LogP contribution in [0.3, 0.4) is 0 Å². The monoisotopic (exact) mass is 237 g/mol. The molecule has 1 unspecified atom stereocenters. The van der Waals surface area contributed by atoms with E-state index in [2.05, 4.69) is 22.1 Å². The lowest BCUT2D eigenvalue weighted by Gasteiger charge is -2.36. The van der Waals surface area contributed by atoms with Gasteiger partial charge in [0.1, 0.15) is 5.82 Å². The van der Waals surface area contributed by atoms with E-state index in [1.807, 2.05) is 0 Å². The third kappa shape index (κ3) is 3.48. The highest BCUT2D eigenvalue weighted by atomic mass is 19.1. The highest BCUT2D eigenvalue weighted by molar-refractivity contribution is 5.10. The van der Waals surface area contributed by atoms with Gasteiger partial charge in [0.05, 0.1) is 6.20 Å². The lowest BCUT2D eigenvalue weighted by atomic mass is 10.1. The van der Waals surface area contributed by atoms with Gasteiger partial charge in [-0.05, 0) is 18.1 Å². The summed E-state index contributed by atoms with van der Waals surface area (Å²) in [7, 11) is 0. The molecule has 3 nitrogen and oxygen atoms in total. The van der Waals surface area contributed by atoms with Gasteiger partial charge in [0, 0.05) is 38.4 Å². The van der Waals surface area contributed by atoms with Crippen LogP contribution in [0, 0.1) is 5.82 Å². The molecule has 0 saturated carbocycles. The predicted octanol–water partition coefficient (Wildman–Crippen LogP) is 1.79. The van der Waals surface area contributed by atoms with Crippen molar-refractivity contribution < 1.29 is 4.39 Å². The van der Waals surface area contributed by atoms with Crippen molar-refractivity contribution >= 4 is 0 Å². The lowest BCUT2D eigenvalue weighted by molar-refractivity contribution is 0.144. The van der Waals surface area contributed by atoms with Crippen LogP contribution in [0.5, 0.6) is 0 Å². The Morgan fingerprint density at radius 3 is 3.18 bits per heavy atom. The molecule has 0 bridgehead atoms. The molecule has 94 valence electrons. The maximum Gasteiger partial charge on any atom is 0.141 e. The number of piperazine rings is 1. The molecule has 1 saturated heterocycles. The highest BCUT2D eigenvalue weighted by Crippen LogP contribution is 2.14. The summed E-state index contributed by atoms with van der Waals surface area (Å²) < 4.78 is 13.1. The van der Waals surface area contributed by atoms with Crippen molar-refractivity contribution in [2.45, 2.75) is 32.4 Å². The molecule has 0 aromatic carbocycles. The van der Waals surface area contributed by atoms with Crippen LogP contribution in [0.25, 0.3) is 0 Å². The largest absolute Gasteiger partial charge is 0.314 e. The Morgan fingerprint density at radius 1 is 1.53 bits per heavy atom. The number of hydrogen-bond acceptors (Lipinski definition) is 3. The smallest absolute Gasteiger partial charge is 0.141 e. The predicted molar refractivity (Wildman–Crippen MR) is 66.2 cm³/mol. The number of hydrogen-bond donors (Lipinski definition) is 1. The standard InChI is InChI=1S/C13H20FN3/c1-2-3-13-9-15-4-5-17(13)10-11-6-12(14)8-16-7-11/h6-8,13,15H,2-5,9-10H2,1H3. The second kappa shape index (κ2) is 6.07. The quantitative estimate of drug-likeness (QED) is 0.865. The normalized spacial score (nSPS) is 21.6. The van der Waals surface area contributed by atoms with Gasteiger partial charge in [-0.1, -0.05) is 13.3 Å². The van der Waals surface area contributed by atoms with Gasteiger partial charge >= 0.3 is 0 Å². The molecular formula is C13H20FN3. The molecule has 17 heavy (non-hydrogen) atoms. The Labute approximate surface area is 102 Å². The van der Waals surface area contributed by atoms with Crippen molar-refractivity contribution in [3.8, 4) is 0 Å². The Hall–Kier alpha value is -1.00. The van der Waals surface area contributed by atoms with Gasteiger partial charge in [0.25, 0.3) is 0 Å². The molecule has 2 rings (SSSR count). The average molecular weight is 237 g/mol. The Kier molecular flexibility index (Phi) is 4.45. The summed E-state index contributed by atoms with van der Waals surface area (Å²) in [6, 6.07) is 2.15. The summed E-state index contributed by atoms with van der Waals surface area (Å²) in [5.74, 6) is -0.246. The molecule has 0 radical (unpaired) electrons. The molecular weight excluding hydrogens is 217 g/mol. The summed E-state index contributed by atoms with van der Waals surface area (Å²) in [5.41, 5.74) is 0.966. The highest BCUT2D eigenvalue weighted by Gasteiger charge is 2.21. The van der Waals surface area contributed by atoms with Crippen LogP contribution in [0.1, 0.15) is 25.3 Å². The van der Waals surface area contributed by atoms with Crippen molar-refractivity contribution in [2.24, 2.45) is 0 Å². The van der Waals surface area contributed by atoms with Gasteiger partial charge in [-0.2, -0.15) is 0 Å². The molecule has 1 aromatic heterocycles. The van der Waals surface area contributed by atoms with Gasteiger partial charge in [-0.25, -0.2) is 4.39 Å². The van der Waals surface area contributed by atoms with E-state index in [4.69, 9.17) is 0 Å². The van der Waals surface area contributed by atoms with Gasteiger partial charge < -0.3 is 5.32 Å². The minimum Gasteiger partial charge on any atom is -0.314 e. The fraction of sp³-hybridized carbons (Fsp3) is 0.615. The van der Waals surface area contributed by atoms with E-state index in [1.165, 1.54) is 19.0 Å². The number of pyridine rings is 1. The van der Waals surface area contributed by atoms with Crippen LogP contribution in [0.2, 0.25) is 0 Å². The van der Waals surface area contributed by atoms with Crippen LogP contribution in [0.4, 0.5) is 4.39 Å². The number of halogens is 1. The molecule has 2 heterocycles. The van der Waals surface area contributed by atoms with E-state index in [0.29, 0.717) is 6.04 Å². The van der Waals surface area contributed by atoms with Crippen LogP contribution in [0.15, 0.2) is 18.5 Å². The summed E-state index contributed by atoms with van der Waals surface area (Å²) >= 11 is 0. The van der Waals surface area contributed by atoms with Crippen LogP contribution < -0.4 is 5.32 Å². The molecule has 1 atom stereocenters. The summed E-state index contributed by atoms with van der Waals surface area (Å²) in [6.07, 6.45) is 5.39. The van der Waals surface area contributed by atoms with E-state index in [9.17, 15) is 4.39 Å². The zero-order valence-electron chi connectivity index (χ0n) is 10.3. The van der Waals surface area contributed by atoms with Gasteiger partial charge in [0.2, 0.25) is 0 Å². The molecule has 1 N–H and O–H groups in total. The zero-order valence-corrected chi connectivity index (χ0v) is 10.3. The Morgan fingerprint density at radius 2 is 2.41 bits per heavy atom. The molecule has 0 aliphatic carbocycles. The third-order valence-electron chi connectivity index (χ3n) is 3.24. The van der Waals surface area contributed by atoms with E-state index < -0.39 is 0 Å². The van der Waals surface area contributed by atoms with Crippen molar-refractivity contribution in [1.82, 2.24) is 15.2 Å². The third-order valence-corrected chi connectivity index (χ3v) is 3.24. The first-order valence-electron chi connectivity index (χ1n) is 6.33. The van der Waals surface area contributed by atoms with E-state index in [-0.39, 0.29) is 5.82 Å². The number of nitrogens with zero attached hydrogens (tertiary/aromatic N) is 2. The van der Waals surface area contributed by atoms with Gasteiger partial charge in [-0.15, -0.1) is 0 Å². The summed E-state index contributed by atoms with van der Waals surface area (Å²) in [5, 5.41) is 3.42. The fourth-order valence-corrected chi connectivity index (χ4v) is 2.41. The van der Waals surface area contributed by atoms with Crippen LogP contribution in [-0.2, 0) is 6.54 Å². The second-order valence-corrected chi connectivity index (χ2v) is 4.63. The Balaban J connectivity index is 2.00. The minimum absolute atomic E-state index is 0.246. The molecule has 1 fully saturated rings. The average Bonchev–Trinajstić information content (AvgIpc) is 2.32. The Bertz CT molecular complexity index is 354. The molecule has 1 aliphatic rings. The van der Waals surface area contributed by atoms with Crippen molar-refractivity contribution in [3.63, 3.8) is 0 Å². The molecule has 0 spiro atoms. The topological polar surface area (TPSA) is 28.2 Å². The van der Waals surface area contributed by atoms with Crippen molar-refractivity contribution in [1.29, 1.82) is 0 Å². The first-order chi connectivity index (χ1) is 8.29. The van der Waals surface area contributed by atoms with Gasteiger partial charge in [-0.3, -0.25) is 9.88 Å². The lowest BCUT2D eigenvalue weighted by Crippen LogP contribution is -2.50. The SMILES string of the molecule is CCCC1CNCCN1Cc1cncc(F)c1. The first-order valence-corrected chi connectivity index (χ1v) is 6.33. The zero-order chi connectivity index (χ0) is 12.1. The molecule has 4 heteroatoms. The molecule has 1 aliphatic heterocycles. The van der Waals surface area contributed by atoms with E-state index >= 15 is 0 Å². The number of rotatable bonds is 4. The molecule has 0 amide bonds. The van der Waals surface area contributed by atoms with Crippen molar-refractivity contribution in [3.05, 3.63) is 29.8 Å². The summed E-state index contributed by atoms with van der Waals surface area (Å²) in [4.78, 5) is 6.33. The maximum absolute atomic E-state index is 13.1. The maximum atomic E-state index is 13.1. The van der Waals surface area contributed by atoms with Crippen LogP contribution >= 0.6 is 0 Å². The number of nitrogens with one attached hydrogen (secondary N) is 1.